The lowest BCUT2D eigenvalue weighted by atomic mass is 9.97. The number of alkyl halides is 1. The third kappa shape index (κ3) is 3.39. The summed E-state index contributed by atoms with van der Waals surface area (Å²) < 4.78 is 1.19. The van der Waals surface area contributed by atoms with E-state index in [0.29, 0.717) is 5.92 Å². The first-order valence-corrected chi connectivity index (χ1v) is 8.15. The minimum atomic E-state index is 0.491. The van der Waals surface area contributed by atoms with Crippen LogP contribution >= 0.6 is 43.2 Å². The summed E-state index contributed by atoms with van der Waals surface area (Å²) in [4.78, 5) is 5.66. The smallest absolute Gasteiger partial charge is 0.0896 e. The molecule has 17 heavy (non-hydrogen) atoms. The molecule has 0 saturated carbocycles. The summed E-state index contributed by atoms with van der Waals surface area (Å²) in [7, 11) is 0. The number of aryl methyl sites for hydroxylation is 1. The first-order valence-electron chi connectivity index (χ1n) is 5.42. The van der Waals surface area contributed by atoms with Gasteiger partial charge in [-0.05, 0) is 30.9 Å². The monoisotopic (exact) mass is 373 g/mol. The van der Waals surface area contributed by atoms with Crippen LogP contribution in [0.4, 0.5) is 0 Å². The fourth-order valence-corrected chi connectivity index (χ4v) is 3.86. The van der Waals surface area contributed by atoms with E-state index in [2.05, 4.69) is 68.0 Å². The molecule has 4 heteroatoms. The summed E-state index contributed by atoms with van der Waals surface area (Å²) in [6, 6.07) is 8.43. The Kier molecular flexibility index (Phi) is 4.77. The summed E-state index contributed by atoms with van der Waals surface area (Å²) >= 11 is 9.02. The molecule has 0 N–H and O–H groups in total. The molecular weight excluding hydrogens is 362 g/mol. The van der Waals surface area contributed by atoms with Crippen molar-refractivity contribution in [2.24, 2.45) is 0 Å². The summed E-state index contributed by atoms with van der Waals surface area (Å²) in [5.74, 6) is 0.491. The van der Waals surface area contributed by atoms with Crippen LogP contribution in [0.5, 0.6) is 0 Å². The van der Waals surface area contributed by atoms with Gasteiger partial charge in [0, 0.05) is 20.9 Å². The maximum absolute atomic E-state index is 4.31. The second-order valence-corrected chi connectivity index (χ2v) is 6.74. The van der Waals surface area contributed by atoms with Crippen molar-refractivity contribution in [3.8, 4) is 0 Å². The molecule has 0 aliphatic rings. The fourth-order valence-electron chi connectivity index (χ4n) is 1.80. The summed E-state index contributed by atoms with van der Waals surface area (Å²) in [5.41, 5.74) is 1.36. The topological polar surface area (TPSA) is 12.9 Å². The highest BCUT2D eigenvalue weighted by Gasteiger charge is 2.14. The number of rotatable bonds is 4. The number of thiazole rings is 1. The maximum Gasteiger partial charge on any atom is 0.0896 e. The van der Waals surface area contributed by atoms with E-state index in [4.69, 9.17) is 0 Å². The van der Waals surface area contributed by atoms with E-state index in [1.54, 1.807) is 11.3 Å². The number of halogens is 2. The second kappa shape index (κ2) is 6.12. The van der Waals surface area contributed by atoms with Crippen LogP contribution in [0.15, 0.2) is 34.9 Å². The van der Waals surface area contributed by atoms with Crippen LogP contribution in [-0.2, 0) is 6.42 Å². The molecule has 0 spiro atoms. The fraction of sp³-hybridized carbons (Fsp3) is 0.308. The van der Waals surface area contributed by atoms with E-state index in [-0.39, 0.29) is 0 Å². The van der Waals surface area contributed by atoms with Gasteiger partial charge in [-0.15, -0.1) is 11.3 Å². The Morgan fingerprint density at radius 3 is 2.71 bits per heavy atom. The Labute approximate surface area is 123 Å². The molecule has 0 fully saturated rings. The molecule has 0 radical (unpaired) electrons. The standard InChI is InChI=1S/C13H13Br2NS/c1-9-16-8-11(17-9)6-10(7-14)12-4-2-3-5-13(12)15/h2-5,8,10H,6-7H2,1H3. The van der Waals surface area contributed by atoms with Crippen LogP contribution in [0.3, 0.4) is 0 Å². The molecule has 90 valence electrons. The van der Waals surface area contributed by atoms with Gasteiger partial charge in [-0.1, -0.05) is 50.1 Å². The Balaban J connectivity index is 2.20. The highest BCUT2D eigenvalue weighted by atomic mass is 79.9. The molecule has 1 atom stereocenters. The Hall–Kier alpha value is -0.190. The first kappa shape index (κ1) is 13.2. The zero-order chi connectivity index (χ0) is 12.3. The number of hydrogen-bond donors (Lipinski definition) is 0. The average Bonchev–Trinajstić information content (AvgIpc) is 2.73. The van der Waals surface area contributed by atoms with Crippen molar-refractivity contribution in [2.45, 2.75) is 19.3 Å². The van der Waals surface area contributed by atoms with Crippen LogP contribution in [0, 0.1) is 6.92 Å². The third-order valence-electron chi connectivity index (χ3n) is 2.65. The molecule has 2 rings (SSSR count). The Morgan fingerprint density at radius 1 is 1.35 bits per heavy atom. The number of benzene rings is 1. The Morgan fingerprint density at radius 2 is 2.12 bits per heavy atom. The van der Waals surface area contributed by atoms with E-state index < -0.39 is 0 Å². The molecule has 0 aliphatic heterocycles. The molecule has 0 amide bonds. The van der Waals surface area contributed by atoms with Crippen molar-refractivity contribution < 1.29 is 0 Å². The normalized spacial score (nSPS) is 12.6. The van der Waals surface area contributed by atoms with Crippen LogP contribution < -0.4 is 0 Å². The van der Waals surface area contributed by atoms with Crippen molar-refractivity contribution >= 4 is 43.2 Å². The largest absolute Gasteiger partial charge is 0.250 e. The van der Waals surface area contributed by atoms with Crippen LogP contribution in [0.2, 0.25) is 0 Å². The van der Waals surface area contributed by atoms with Gasteiger partial charge < -0.3 is 0 Å². The first-order chi connectivity index (χ1) is 8.20. The SMILES string of the molecule is Cc1ncc(CC(CBr)c2ccccc2Br)s1. The predicted molar refractivity (Wildman–Crippen MR) is 81.2 cm³/mol. The van der Waals surface area contributed by atoms with Gasteiger partial charge in [0.25, 0.3) is 0 Å². The third-order valence-corrected chi connectivity index (χ3v) is 5.09. The zero-order valence-corrected chi connectivity index (χ0v) is 13.5. The van der Waals surface area contributed by atoms with E-state index >= 15 is 0 Å². The van der Waals surface area contributed by atoms with Crippen molar-refractivity contribution in [1.82, 2.24) is 4.98 Å². The van der Waals surface area contributed by atoms with Gasteiger partial charge in [0.15, 0.2) is 0 Å². The molecule has 0 aliphatic carbocycles. The molecule has 1 aromatic carbocycles. The minimum Gasteiger partial charge on any atom is -0.250 e. The van der Waals surface area contributed by atoms with Crippen LogP contribution in [-0.4, -0.2) is 10.3 Å². The van der Waals surface area contributed by atoms with Crippen LogP contribution in [0.25, 0.3) is 0 Å². The highest BCUT2D eigenvalue weighted by molar-refractivity contribution is 9.10. The van der Waals surface area contributed by atoms with Crippen molar-refractivity contribution in [3.05, 3.63) is 50.4 Å². The van der Waals surface area contributed by atoms with E-state index in [1.165, 1.54) is 14.9 Å². The summed E-state index contributed by atoms with van der Waals surface area (Å²) in [6.45, 7) is 2.05. The number of hydrogen-bond acceptors (Lipinski definition) is 2. The minimum absolute atomic E-state index is 0.491. The lowest BCUT2D eigenvalue weighted by Gasteiger charge is -2.15. The van der Waals surface area contributed by atoms with Crippen molar-refractivity contribution in [2.75, 3.05) is 5.33 Å². The molecule has 2 aromatic rings. The maximum atomic E-state index is 4.31. The van der Waals surface area contributed by atoms with Gasteiger partial charge in [-0.25, -0.2) is 4.98 Å². The van der Waals surface area contributed by atoms with E-state index in [9.17, 15) is 0 Å². The predicted octanol–water partition coefficient (Wildman–Crippen LogP) is 4.94. The average molecular weight is 375 g/mol. The Bertz CT molecular complexity index is 496. The van der Waals surface area contributed by atoms with Crippen molar-refractivity contribution in [1.29, 1.82) is 0 Å². The molecule has 1 nitrogen and oxygen atoms in total. The molecule has 1 aromatic heterocycles. The molecular formula is C13H13Br2NS. The lowest BCUT2D eigenvalue weighted by Crippen LogP contribution is -2.04. The quantitative estimate of drug-likeness (QED) is 0.691. The van der Waals surface area contributed by atoms with Crippen molar-refractivity contribution in [3.63, 3.8) is 0 Å². The van der Waals surface area contributed by atoms with E-state index in [0.717, 1.165) is 16.8 Å². The van der Waals surface area contributed by atoms with Gasteiger partial charge in [0.05, 0.1) is 5.01 Å². The molecule has 0 saturated heterocycles. The summed E-state index contributed by atoms with van der Waals surface area (Å²) in [6.07, 6.45) is 3.03. The highest BCUT2D eigenvalue weighted by Crippen LogP contribution is 2.30. The zero-order valence-electron chi connectivity index (χ0n) is 9.49. The number of nitrogens with zero attached hydrogens (tertiary/aromatic N) is 1. The summed E-state index contributed by atoms with van der Waals surface area (Å²) in [5, 5.41) is 2.10. The lowest BCUT2D eigenvalue weighted by molar-refractivity contribution is 0.780. The van der Waals surface area contributed by atoms with Gasteiger partial charge in [0.2, 0.25) is 0 Å². The van der Waals surface area contributed by atoms with Gasteiger partial charge in [-0.2, -0.15) is 0 Å². The van der Waals surface area contributed by atoms with Gasteiger partial charge >= 0.3 is 0 Å². The second-order valence-electron chi connectivity index (χ2n) is 3.92. The number of aromatic nitrogens is 1. The molecule has 1 heterocycles. The van der Waals surface area contributed by atoms with Gasteiger partial charge in [-0.3, -0.25) is 0 Å². The van der Waals surface area contributed by atoms with Gasteiger partial charge in [0.1, 0.15) is 0 Å². The van der Waals surface area contributed by atoms with Crippen LogP contribution in [0.1, 0.15) is 21.4 Å². The molecule has 0 bridgehead atoms. The molecule has 1 unspecified atom stereocenters. The van der Waals surface area contributed by atoms with E-state index in [1.807, 2.05) is 6.20 Å².